The molecule has 0 aliphatic rings. The number of aromatic nitrogens is 2. The van der Waals surface area contributed by atoms with Gasteiger partial charge in [-0.05, 0) is 30.9 Å². The minimum absolute atomic E-state index is 0.0479. The van der Waals surface area contributed by atoms with E-state index >= 15 is 0 Å². The fraction of sp³-hybridized carbons (Fsp3) is 0.273. The molecule has 1 amide bonds. The number of benzene rings is 2. The first-order valence-corrected chi connectivity index (χ1v) is 10.2. The molecule has 0 atom stereocenters. The van der Waals surface area contributed by atoms with Crippen molar-refractivity contribution in [3.8, 4) is 0 Å². The van der Waals surface area contributed by atoms with E-state index < -0.39 is 0 Å². The van der Waals surface area contributed by atoms with Crippen LogP contribution in [0.4, 0.5) is 0 Å². The quantitative estimate of drug-likeness (QED) is 0.434. The van der Waals surface area contributed by atoms with Crippen molar-refractivity contribution in [1.82, 2.24) is 15.3 Å². The van der Waals surface area contributed by atoms with Crippen LogP contribution in [-0.4, -0.2) is 28.2 Å². The zero-order valence-corrected chi connectivity index (χ0v) is 16.4. The van der Waals surface area contributed by atoms with E-state index in [4.69, 9.17) is 0 Å². The number of thioether (sulfide) groups is 1. The van der Waals surface area contributed by atoms with Crippen LogP contribution in [0.5, 0.6) is 0 Å². The Kier molecular flexibility index (Phi) is 7.11. The average molecular weight is 380 g/mol. The summed E-state index contributed by atoms with van der Waals surface area (Å²) in [6.07, 6.45) is 2.73. The van der Waals surface area contributed by atoms with Crippen molar-refractivity contribution < 1.29 is 4.79 Å². The number of hydrogen-bond donors (Lipinski definition) is 2. The number of aryl methyl sites for hydroxylation is 2. The molecule has 1 heterocycles. The van der Waals surface area contributed by atoms with Gasteiger partial charge >= 0.3 is 0 Å². The number of H-pyrrole nitrogens is 1. The Morgan fingerprint density at radius 2 is 1.70 bits per heavy atom. The maximum atomic E-state index is 12.0. The third-order valence-electron chi connectivity index (χ3n) is 4.33. The number of amides is 1. The fourth-order valence-electron chi connectivity index (χ4n) is 2.85. The number of carbonyl (C=O) groups is 1. The summed E-state index contributed by atoms with van der Waals surface area (Å²) in [6.45, 7) is 2.73. The first kappa shape index (κ1) is 19.2. The van der Waals surface area contributed by atoms with Gasteiger partial charge in [0.05, 0.1) is 11.4 Å². The Morgan fingerprint density at radius 1 is 1.04 bits per heavy atom. The maximum Gasteiger partial charge on any atom is 0.230 e. The highest BCUT2D eigenvalue weighted by Gasteiger charge is 2.10. The Labute approximate surface area is 164 Å². The highest BCUT2D eigenvalue weighted by Crippen LogP contribution is 2.18. The average Bonchev–Trinajstić information content (AvgIpc) is 3.05. The fourth-order valence-corrected chi connectivity index (χ4v) is 3.62. The lowest BCUT2D eigenvalue weighted by Gasteiger charge is -2.04. The molecular weight excluding hydrogens is 354 g/mol. The minimum Gasteiger partial charge on any atom is -0.355 e. The molecule has 140 valence electrons. The summed E-state index contributed by atoms with van der Waals surface area (Å²) in [6, 6.07) is 20.6. The number of aromatic amines is 1. The minimum atomic E-state index is 0.0479. The van der Waals surface area contributed by atoms with E-state index in [1.165, 1.54) is 22.9 Å². The van der Waals surface area contributed by atoms with E-state index in [1.807, 2.05) is 43.3 Å². The lowest BCUT2D eigenvalue weighted by atomic mass is 10.1. The predicted molar refractivity (Wildman–Crippen MR) is 111 cm³/mol. The molecule has 0 radical (unpaired) electrons. The van der Waals surface area contributed by atoms with E-state index in [1.54, 1.807) is 0 Å². The van der Waals surface area contributed by atoms with Crippen molar-refractivity contribution >= 4 is 17.7 Å². The van der Waals surface area contributed by atoms with Crippen LogP contribution in [0.1, 0.15) is 28.9 Å². The molecular formula is C22H25N3OS. The topological polar surface area (TPSA) is 57.8 Å². The number of nitrogens with zero attached hydrogens (tertiary/aromatic N) is 1. The van der Waals surface area contributed by atoms with Gasteiger partial charge in [-0.15, -0.1) is 0 Å². The van der Waals surface area contributed by atoms with Crippen molar-refractivity contribution in [3.05, 3.63) is 83.2 Å². The van der Waals surface area contributed by atoms with Crippen LogP contribution in [-0.2, 0) is 17.6 Å². The third-order valence-corrected chi connectivity index (χ3v) is 5.20. The van der Waals surface area contributed by atoms with Crippen LogP contribution in [0.3, 0.4) is 0 Å². The predicted octanol–water partition coefficient (Wildman–Crippen LogP) is 4.15. The van der Waals surface area contributed by atoms with Gasteiger partial charge in [0.15, 0.2) is 5.16 Å². The summed E-state index contributed by atoms with van der Waals surface area (Å²) in [5.74, 6) is 0.426. The molecule has 27 heavy (non-hydrogen) atoms. The van der Waals surface area contributed by atoms with Gasteiger partial charge in [0.2, 0.25) is 5.91 Å². The van der Waals surface area contributed by atoms with Gasteiger partial charge in [0.1, 0.15) is 0 Å². The Bertz CT molecular complexity index is 847. The molecule has 0 bridgehead atoms. The van der Waals surface area contributed by atoms with Gasteiger partial charge in [-0.1, -0.05) is 72.4 Å². The molecule has 3 aromatic rings. The second-order valence-electron chi connectivity index (χ2n) is 6.50. The summed E-state index contributed by atoms with van der Waals surface area (Å²) >= 11 is 1.45. The molecule has 2 aromatic carbocycles. The number of hydrogen-bond acceptors (Lipinski definition) is 3. The Morgan fingerprint density at radius 3 is 2.41 bits per heavy atom. The van der Waals surface area contributed by atoms with Crippen molar-refractivity contribution in [2.45, 2.75) is 31.3 Å². The summed E-state index contributed by atoms with van der Waals surface area (Å²) in [7, 11) is 0. The van der Waals surface area contributed by atoms with Crippen molar-refractivity contribution in [3.63, 3.8) is 0 Å². The zero-order chi connectivity index (χ0) is 18.9. The molecule has 5 heteroatoms. The number of nitrogens with one attached hydrogen (secondary N) is 2. The van der Waals surface area contributed by atoms with Crippen LogP contribution in [0.25, 0.3) is 0 Å². The number of carbonyl (C=O) groups excluding carboxylic acids is 1. The standard InChI is InChI=1S/C22H25N3OS/c1-17-20(15-19-11-6-3-7-12-19)25-22(24-17)27-16-21(26)23-14-8-13-18-9-4-2-5-10-18/h2-7,9-12H,8,13-16H2,1H3,(H,23,26)(H,24,25). The van der Waals surface area contributed by atoms with Gasteiger partial charge in [-0.3, -0.25) is 4.79 Å². The SMILES string of the molecule is Cc1[nH]c(SCC(=O)NCCCc2ccccc2)nc1Cc1ccccc1. The first-order chi connectivity index (χ1) is 13.2. The van der Waals surface area contributed by atoms with Crippen molar-refractivity contribution in [1.29, 1.82) is 0 Å². The largest absolute Gasteiger partial charge is 0.355 e. The van der Waals surface area contributed by atoms with Crippen LogP contribution in [0.15, 0.2) is 65.8 Å². The third kappa shape index (κ3) is 6.29. The number of rotatable bonds is 9. The lowest BCUT2D eigenvalue weighted by molar-refractivity contribution is -0.118. The summed E-state index contributed by atoms with van der Waals surface area (Å²) in [5.41, 5.74) is 4.63. The van der Waals surface area contributed by atoms with Crippen LogP contribution < -0.4 is 5.32 Å². The van der Waals surface area contributed by atoms with Gasteiger partial charge in [-0.25, -0.2) is 4.98 Å². The van der Waals surface area contributed by atoms with Crippen molar-refractivity contribution in [2.75, 3.05) is 12.3 Å². The Hall–Kier alpha value is -2.53. The molecule has 0 saturated carbocycles. The molecule has 0 unspecified atom stereocenters. The normalized spacial score (nSPS) is 10.7. The number of imidazole rings is 1. The Balaban J connectivity index is 1.39. The van der Waals surface area contributed by atoms with Crippen LogP contribution in [0, 0.1) is 6.92 Å². The summed E-state index contributed by atoms with van der Waals surface area (Å²) in [5, 5.41) is 3.79. The molecule has 0 aliphatic heterocycles. The van der Waals surface area contributed by atoms with Gasteiger partial charge < -0.3 is 10.3 Å². The molecule has 0 saturated heterocycles. The highest BCUT2D eigenvalue weighted by atomic mass is 32.2. The molecule has 4 nitrogen and oxygen atoms in total. The second-order valence-corrected chi connectivity index (χ2v) is 7.47. The highest BCUT2D eigenvalue weighted by molar-refractivity contribution is 7.99. The summed E-state index contributed by atoms with van der Waals surface area (Å²) in [4.78, 5) is 20.0. The van der Waals surface area contributed by atoms with E-state index in [0.29, 0.717) is 12.3 Å². The zero-order valence-electron chi connectivity index (χ0n) is 15.6. The molecule has 1 aromatic heterocycles. The van der Waals surface area contributed by atoms with Gasteiger partial charge in [0.25, 0.3) is 0 Å². The molecule has 0 aliphatic carbocycles. The molecule has 0 fully saturated rings. The monoisotopic (exact) mass is 379 g/mol. The molecule has 2 N–H and O–H groups in total. The lowest BCUT2D eigenvalue weighted by Crippen LogP contribution is -2.26. The molecule has 3 rings (SSSR count). The van der Waals surface area contributed by atoms with E-state index in [-0.39, 0.29) is 5.91 Å². The smallest absolute Gasteiger partial charge is 0.230 e. The van der Waals surface area contributed by atoms with Gasteiger partial charge in [0, 0.05) is 18.7 Å². The van der Waals surface area contributed by atoms with E-state index in [9.17, 15) is 4.79 Å². The molecule has 0 spiro atoms. The van der Waals surface area contributed by atoms with Gasteiger partial charge in [-0.2, -0.15) is 0 Å². The second kappa shape index (κ2) is 9.97. The maximum absolute atomic E-state index is 12.0. The van der Waals surface area contributed by atoms with Crippen molar-refractivity contribution in [2.24, 2.45) is 0 Å². The van der Waals surface area contributed by atoms with E-state index in [0.717, 1.165) is 35.8 Å². The van der Waals surface area contributed by atoms with E-state index in [2.05, 4.69) is 39.6 Å². The van der Waals surface area contributed by atoms with Crippen LogP contribution >= 0.6 is 11.8 Å². The van der Waals surface area contributed by atoms with Crippen LogP contribution in [0.2, 0.25) is 0 Å². The summed E-state index contributed by atoms with van der Waals surface area (Å²) < 4.78 is 0. The first-order valence-electron chi connectivity index (χ1n) is 9.23.